The average molecular weight is 229 g/mol. The Morgan fingerprint density at radius 2 is 1.75 bits per heavy atom. The zero-order valence-corrected chi connectivity index (χ0v) is 10.7. The summed E-state index contributed by atoms with van der Waals surface area (Å²) in [6, 6.07) is 0. The van der Waals surface area contributed by atoms with E-state index in [1.807, 2.05) is 6.92 Å². The molecule has 0 aromatic rings. The Morgan fingerprint density at radius 1 is 1.12 bits per heavy atom. The molecule has 95 valence electrons. The Kier molecular flexibility index (Phi) is 10.3. The molecule has 0 spiro atoms. The molecular formula is C13H25O3. The van der Waals surface area contributed by atoms with Crippen molar-refractivity contribution in [2.24, 2.45) is 0 Å². The van der Waals surface area contributed by atoms with Crippen LogP contribution in [0.1, 0.15) is 58.8 Å². The van der Waals surface area contributed by atoms with Crippen molar-refractivity contribution in [3.8, 4) is 0 Å². The summed E-state index contributed by atoms with van der Waals surface area (Å²) < 4.78 is 9.79. The van der Waals surface area contributed by atoms with Gasteiger partial charge in [-0.15, -0.1) is 0 Å². The molecule has 0 rings (SSSR count). The van der Waals surface area contributed by atoms with Crippen LogP contribution in [0, 0.1) is 6.92 Å². The second-order valence-corrected chi connectivity index (χ2v) is 4.01. The Bertz CT molecular complexity index is 169. The summed E-state index contributed by atoms with van der Waals surface area (Å²) in [5.41, 5.74) is 0. The van der Waals surface area contributed by atoms with Crippen LogP contribution in [-0.4, -0.2) is 18.9 Å². The van der Waals surface area contributed by atoms with Gasteiger partial charge in [-0.2, -0.15) is 0 Å². The van der Waals surface area contributed by atoms with Crippen molar-refractivity contribution in [2.45, 2.75) is 64.9 Å². The van der Waals surface area contributed by atoms with Crippen molar-refractivity contribution in [2.75, 3.05) is 6.61 Å². The van der Waals surface area contributed by atoms with Gasteiger partial charge in [-0.1, -0.05) is 46.0 Å². The van der Waals surface area contributed by atoms with E-state index in [0.717, 1.165) is 12.8 Å². The zero-order chi connectivity index (χ0) is 12.2. The number of carbonyl (C=O) groups excluding carboxylic acids is 1. The second-order valence-electron chi connectivity index (χ2n) is 4.01. The highest BCUT2D eigenvalue weighted by atomic mass is 16.7. The summed E-state index contributed by atoms with van der Waals surface area (Å²) in [6.45, 7) is 8.22. The fourth-order valence-corrected chi connectivity index (χ4v) is 1.29. The van der Waals surface area contributed by atoms with E-state index in [1.54, 1.807) is 0 Å². The van der Waals surface area contributed by atoms with Gasteiger partial charge in [-0.25, -0.2) is 4.79 Å². The van der Waals surface area contributed by atoms with E-state index in [0.29, 0.717) is 13.0 Å². The van der Waals surface area contributed by atoms with Gasteiger partial charge < -0.3 is 9.47 Å². The molecule has 1 radical (unpaired) electrons. The lowest BCUT2D eigenvalue weighted by atomic mass is 10.1. The van der Waals surface area contributed by atoms with Gasteiger partial charge >= 0.3 is 6.16 Å². The Hall–Kier alpha value is -0.730. The Morgan fingerprint density at radius 3 is 2.38 bits per heavy atom. The summed E-state index contributed by atoms with van der Waals surface area (Å²) in [5.74, 6) is 0. The number of hydrogen-bond donors (Lipinski definition) is 0. The maximum atomic E-state index is 11.1. The van der Waals surface area contributed by atoms with E-state index in [-0.39, 0.29) is 6.10 Å². The summed E-state index contributed by atoms with van der Waals surface area (Å²) in [7, 11) is 0. The maximum Gasteiger partial charge on any atom is 0.508 e. The van der Waals surface area contributed by atoms with Crippen molar-refractivity contribution in [1.82, 2.24) is 0 Å². The van der Waals surface area contributed by atoms with E-state index in [9.17, 15) is 4.79 Å². The molecule has 16 heavy (non-hydrogen) atoms. The predicted octanol–water partition coefficient (Wildman–Crippen LogP) is 4.11. The fourth-order valence-electron chi connectivity index (χ4n) is 1.29. The van der Waals surface area contributed by atoms with Gasteiger partial charge in [0.2, 0.25) is 0 Å². The third kappa shape index (κ3) is 9.81. The van der Waals surface area contributed by atoms with Crippen LogP contribution >= 0.6 is 0 Å². The second kappa shape index (κ2) is 10.8. The first-order valence-electron chi connectivity index (χ1n) is 6.37. The van der Waals surface area contributed by atoms with Crippen LogP contribution < -0.4 is 0 Å². The quantitative estimate of drug-likeness (QED) is 0.441. The van der Waals surface area contributed by atoms with Crippen LogP contribution in [-0.2, 0) is 9.47 Å². The highest BCUT2D eigenvalue weighted by molar-refractivity contribution is 5.60. The number of unbranched alkanes of at least 4 members (excludes halogenated alkanes) is 5. The predicted molar refractivity (Wildman–Crippen MR) is 65.2 cm³/mol. The lowest BCUT2D eigenvalue weighted by Crippen LogP contribution is -2.15. The van der Waals surface area contributed by atoms with Crippen molar-refractivity contribution in [3.63, 3.8) is 0 Å². The van der Waals surface area contributed by atoms with Gasteiger partial charge in [0, 0.05) is 0 Å². The molecule has 0 amide bonds. The normalized spacial score (nSPS) is 12.2. The summed E-state index contributed by atoms with van der Waals surface area (Å²) in [4.78, 5) is 11.1. The van der Waals surface area contributed by atoms with Crippen molar-refractivity contribution in [3.05, 3.63) is 6.92 Å². The van der Waals surface area contributed by atoms with Gasteiger partial charge in [0.05, 0.1) is 6.61 Å². The molecule has 0 saturated carbocycles. The number of hydrogen-bond acceptors (Lipinski definition) is 3. The molecule has 1 unspecified atom stereocenters. The summed E-state index contributed by atoms with van der Waals surface area (Å²) >= 11 is 0. The van der Waals surface area contributed by atoms with Gasteiger partial charge in [-0.05, 0) is 19.8 Å². The molecule has 0 aromatic heterocycles. The SMILES string of the molecule is [CH2]C(CC)OC(=O)OCCCCCCCC. The van der Waals surface area contributed by atoms with Crippen LogP contribution in [0.2, 0.25) is 0 Å². The minimum atomic E-state index is -0.588. The lowest BCUT2D eigenvalue weighted by Gasteiger charge is -2.10. The number of rotatable bonds is 9. The molecule has 3 nitrogen and oxygen atoms in total. The number of carbonyl (C=O) groups is 1. The van der Waals surface area contributed by atoms with Gasteiger partial charge in [-0.3, -0.25) is 0 Å². The molecule has 0 fully saturated rings. The maximum absolute atomic E-state index is 11.1. The molecule has 0 heterocycles. The molecule has 0 aliphatic rings. The molecule has 1 atom stereocenters. The molecular weight excluding hydrogens is 204 g/mol. The third-order valence-corrected chi connectivity index (χ3v) is 2.44. The molecule has 0 bridgehead atoms. The monoisotopic (exact) mass is 229 g/mol. The van der Waals surface area contributed by atoms with E-state index in [4.69, 9.17) is 9.47 Å². The molecule has 3 heteroatoms. The molecule has 0 aromatic carbocycles. The minimum Gasteiger partial charge on any atom is -0.434 e. The van der Waals surface area contributed by atoms with E-state index in [1.165, 1.54) is 25.7 Å². The van der Waals surface area contributed by atoms with Gasteiger partial charge in [0.15, 0.2) is 0 Å². The van der Waals surface area contributed by atoms with Crippen LogP contribution in [0.15, 0.2) is 0 Å². The third-order valence-electron chi connectivity index (χ3n) is 2.44. The molecule has 0 aliphatic carbocycles. The summed E-state index contributed by atoms with van der Waals surface area (Å²) in [5, 5.41) is 0. The van der Waals surface area contributed by atoms with E-state index >= 15 is 0 Å². The topological polar surface area (TPSA) is 35.5 Å². The largest absolute Gasteiger partial charge is 0.508 e. The smallest absolute Gasteiger partial charge is 0.434 e. The first-order chi connectivity index (χ1) is 7.70. The van der Waals surface area contributed by atoms with Crippen LogP contribution in [0.4, 0.5) is 4.79 Å². The van der Waals surface area contributed by atoms with Crippen LogP contribution in [0.25, 0.3) is 0 Å². The minimum absolute atomic E-state index is 0.294. The van der Waals surface area contributed by atoms with Crippen molar-refractivity contribution < 1.29 is 14.3 Å². The highest BCUT2D eigenvalue weighted by Gasteiger charge is 2.07. The fraction of sp³-hybridized carbons (Fsp3) is 0.846. The van der Waals surface area contributed by atoms with Crippen LogP contribution in [0.3, 0.4) is 0 Å². The Balaban J connectivity index is 3.21. The van der Waals surface area contributed by atoms with Crippen LogP contribution in [0.5, 0.6) is 0 Å². The standard InChI is InChI=1S/C13H25O3/c1-4-6-7-8-9-10-11-15-13(14)16-12(3)5-2/h12H,3-11H2,1-2H3. The molecule has 0 saturated heterocycles. The molecule has 0 aliphatic heterocycles. The van der Waals surface area contributed by atoms with Crippen molar-refractivity contribution >= 4 is 6.16 Å². The Labute approximate surface area is 99.5 Å². The first-order valence-corrected chi connectivity index (χ1v) is 6.37. The lowest BCUT2D eigenvalue weighted by molar-refractivity contribution is 0.0346. The van der Waals surface area contributed by atoms with E-state index in [2.05, 4.69) is 13.8 Å². The van der Waals surface area contributed by atoms with Gasteiger partial charge in [0.25, 0.3) is 0 Å². The average Bonchev–Trinajstić information content (AvgIpc) is 2.27. The zero-order valence-electron chi connectivity index (χ0n) is 10.7. The molecule has 0 N–H and O–H groups in total. The van der Waals surface area contributed by atoms with Crippen molar-refractivity contribution in [1.29, 1.82) is 0 Å². The number of ether oxygens (including phenoxy) is 2. The highest BCUT2D eigenvalue weighted by Crippen LogP contribution is 2.05. The summed E-state index contributed by atoms with van der Waals surface area (Å²) in [6.07, 6.45) is 6.92. The van der Waals surface area contributed by atoms with Gasteiger partial charge in [0.1, 0.15) is 6.10 Å². The van der Waals surface area contributed by atoms with E-state index < -0.39 is 6.16 Å². The first kappa shape index (κ1) is 15.3.